The highest BCUT2D eigenvalue weighted by Gasteiger charge is 2.17. The number of thiophene rings is 1. The Labute approximate surface area is 130 Å². The molecule has 0 radical (unpaired) electrons. The minimum Gasteiger partial charge on any atom is -0.384 e. The summed E-state index contributed by atoms with van der Waals surface area (Å²) in [5, 5.41) is 11.9. The van der Waals surface area contributed by atoms with Crippen molar-refractivity contribution in [2.24, 2.45) is 0 Å². The van der Waals surface area contributed by atoms with Crippen LogP contribution in [0.2, 0.25) is 0 Å². The van der Waals surface area contributed by atoms with Crippen molar-refractivity contribution in [1.82, 2.24) is 5.32 Å². The van der Waals surface area contributed by atoms with E-state index < -0.39 is 0 Å². The molecule has 114 valence electrons. The monoisotopic (exact) mass is 305 g/mol. The molecule has 21 heavy (non-hydrogen) atoms. The predicted molar refractivity (Wildman–Crippen MR) is 86.6 cm³/mol. The molecule has 0 aromatic carbocycles. The second-order valence-corrected chi connectivity index (χ2v) is 6.65. The van der Waals surface area contributed by atoms with Crippen molar-refractivity contribution in [3.05, 3.63) is 21.4 Å². The third kappa shape index (κ3) is 4.87. The van der Waals surface area contributed by atoms with Crippen LogP contribution in [0.5, 0.6) is 0 Å². The fourth-order valence-corrected chi connectivity index (χ4v) is 3.65. The van der Waals surface area contributed by atoms with Crippen LogP contribution in [-0.2, 0) is 0 Å². The van der Waals surface area contributed by atoms with Crippen LogP contribution in [0.1, 0.15) is 65.1 Å². The van der Waals surface area contributed by atoms with Crippen LogP contribution in [0.3, 0.4) is 0 Å². The van der Waals surface area contributed by atoms with Gasteiger partial charge in [0.1, 0.15) is 6.61 Å². The summed E-state index contributed by atoms with van der Waals surface area (Å²) >= 11 is 1.41. The van der Waals surface area contributed by atoms with Crippen molar-refractivity contribution in [2.45, 2.75) is 57.9 Å². The molecule has 4 heteroatoms. The van der Waals surface area contributed by atoms with Crippen LogP contribution >= 0.6 is 11.3 Å². The Morgan fingerprint density at radius 2 is 2.00 bits per heavy atom. The molecule has 1 aliphatic carbocycles. The molecule has 1 aliphatic rings. The molecule has 0 saturated heterocycles. The number of hydrogen-bond acceptors (Lipinski definition) is 3. The first-order chi connectivity index (χ1) is 10.2. The van der Waals surface area contributed by atoms with Crippen LogP contribution < -0.4 is 5.32 Å². The fraction of sp³-hybridized carbons (Fsp3) is 0.588. The predicted octanol–water partition coefficient (Wildman–Crippen LogP) is 3.24. The highest BCUT2D eigenvalue weighted by Crippen LogP contribution is 2.22. The van der Waals surface area contributed by atoms with Crippen LogP contribution in [-0.4, -0.2) is 23.7 Å². The average Bonchev–Trinajstić information content (AvgIpc) is 2.80. The van der Waals surface area contributed by atoms with Gasteiger partial charge in [-0.2, -0.15) is 0 Å². The van der Waals surface area contributed by atoms with Gasteiger partial charge in [-0.25, -0.2) is 0 Å². The number of aryl methyl sites for hydroxylation is 1. The highest BCUT2D eigenvalue weighted by molar-refractivity contribution is 7.14. The maximum Gasteiger partial charge on any atom is 0.261 e. The van der Waals surface area contributed by atoms with Crippen LogP contribution in [0.15, 0.2) is 6.07 Å². The van der Waals surface area contributed by atoms with Crippen molar-refractivity contribution >= 4 is 17.2 Å². The Balaban J connectivity index is 1.99. The van der Waals surface area contributed by atoms with E-state index in [1.807, 2.05) is 13.0 Å². The fourth-order valence-electron chi connectivity index (χ4n) is 2.69. The summed E-state index contributed by atoms with van der Waals surface area (Å²) in [6.45, 7) is 1.80. The normalized spacial score (nSPS) is 16.5. The third-order valence-electron chi connectivity index (χ3n) is 3.86. The molecule has 1 fully saturated rings. The molecule has 1 aromatic rings. The number of aliphatic hydroxyl groups excluding tert-OH is 1. The Morgan fingerprint density at radius 1 is 1.33 bits per heavy atom. The summed E-state index contributed by atoms with van der Waals surface area (Å²) in [4.78, 5) is 13.9. The number of nitrogens with one attached hydrogen (secondary N) is 1. The van der Waals surface area contributed by atoms with Gasteiger partial charge in [0.15, 0.2) is 0 Å². The van der Waals surface area contributed by atoms with Gasteiger partial charge in [0, 0.05) is 6.04 Å². The smallest absolute Gasteiger partial charge is 0.261 e. The van der Waals surface area contributed by atoms with Crippen molar-refractivity contribution < 1.29 is 9.90 Å². The van der Waals surface area contributed by atoms with Gasteiger partial charge in [0.2, 0.25) is 0 Å². The first-order valence-corrected chi connectivity index (χ1v) is 8.53. The molecule has 2 rings (SSSR count). The first kappa shape index (κ1) is 16.1. The second kappa shape index (κ2) is 8.21. The first-order valence-electron chi connectivity index (χ1n) is 7.71. The lowest BCUT2D eigenvalue weighted by Gasteiger charge is -2.20. The van der Waals surface area contributed by atoms with Gasteiger partial charge in [0.05, 0.1) is 9.75 Å². The average molecular weight is 305 g/mol. The molecule has 1 amide bonds. The Bertz CT molecular complexity index is 531. The van der Waals surface area contributed by atoms with Crippen molar-refractivity contribution in [2.75, 3.05) is 6.61 Å². The minimum atomic E-state index is -0.152. The van der Waals surface area contributed by atoms with Crippen molar-refractivity contribution in [3.63, 3.8) is 0 Å². The molecular weight excluding hydrogens is 282 g/mol. The zero-order chi connectivity index (χ0) is 15.1. The molecule has 0 unspecified atom stereocenters. The van der Waals surface area contributed by atoms with Gasteiger partial charge in [0.25, 0.3) is 5.91 Å². The lowest BCUT2D eigenvalue weighted by molar-refractivity contribution is 0.0934. The minimum absolute atomic E-state index is 0.0192. The van der Waals surface area contributed by atoms with Gasteiger partial charge in [-0.05, 0) is 31.4 Å². The van der Waals surface area contributed by atoms with E-state index in [0.29, 0.717) is 6.04 Å². The van der Waals surface area contributed by atoms with Gasteiger partial charge in [-0.15, -0.1) is 11.3 Å². The lowest BCUT2D eigenvalue weighted by Crippen LogP contribution is -2.34. The van der Waals surface area contributed by atoms with E-state index in [2.05, 4.69) is 17.2 Å². The Kier molecular flexibility index (Phi) is 6.28. The largest absolute Gasteiger partial charge is 0.384 e. The SMILES string of the molecule is Cc1cc(C(=O)NC2CCCCCCC2)sc1C#CCO. The Morgan fingerprint density at radius 3 is 2.67 bits per heavy atom. The molecule has 1 heterocycles. The second-order valence-electron chi connectivity index (χ2n) is 5.60. The summed E-state index contributed by atoms with van der Waals surface area (Å²) < 4.78 is 0. The molecule has 0 bridgehead atoms. The molecule has 0 aliphatic heterocycles. The van der Waals surface area contributed by atoms with Gasteiger partial charge >= 0.3 is 0 Å². The van der Waals surface area contributed by atoms with Gasteiger partial charge in [-0.1, -0.05) is 43.9 Å². The van der Waals surface area contributed by atoms with Crippen molar-refractivity contribution in [1.29, 1.82) is 0 Å². The number of hydrogen-bond donors (Lipinski definition) is 2. The molecule has 0 spiro atoms. The van der Waals surface area contributed by atoms with Crippen LogP contribution in [0, 0.1) is 18.8 Å². The molecule has 0 atom stereocenters. The number of aliphatic hydroxyl groups is 1. The van der Waals surface area contributed by atoms with E-state index in [0.717, 1.165) is 28.2 Å². The summed E-state index contributed by atoms with van der Waals surface area (Å²) in [6, 6.07) is 2.21. The molecule has 3 nitrogen and oxygen atoms in total. The van der Waals surface area contributed by atoms with E-state index in [-0.39, 0.29) is 12.5 Å². The zero-order valence-corrected chi connectivity index (χ0v) is 13.4. The number of carbonyl (C=O) groups excluding carboxylic acids is 1. The highest BCUT2D eigenvalue weighted by atomic mass is 32.1. The van der Waals surface area contributed by atoms with Gasteiger partial charge < -0.3 is 10.4 Å². The number of carbonyl (C=O) groups is 1. The lowest BCUT2D eigenvalue weighted by atomic mass is 9.97. The van der Waals surface area contributed by atoms with E-state index in [4.69, 9.17) is 5.11 Å². The molecular formula is C17H23NO2S. The maximum atomic E-state index is 12.4. The van der Waals surface area contributed by atoms with E-state index in [1.165, 1.54) is 43.4 Å². The quantitative estimate of drug-likeness (QED) is 0.824. The van der Waals surface area contributed by atoms with Crippen LogP contribution in [0.4, 0.5) is 0 Å². The third-order valence-corrected chi connectivity index (χ3v) is 5.01. The Hall–Kier alpha value is -1.31. The summed E-state index contributed by atoms with van der Waals surface area (Å²) in [5.41, 5.74) is 1.00. The van der Waals surface area contributed by atoms with Crippen molar-refractivity contribution in [3.8, 4) is 11.8 Å². The standard InChI is InChI=1S/C17H23NO2S/c1-13-12-16(21-15(13)10-7-11-19)17(20)18-14-8-5-3-2-4-6-9-14/h12,14,19H,2-6,8-9,11H2,1H3,(H,18,20). The topological polar surface area (TPSA) is 49.3 Å². The zero-order valence-electron chi connectivity index (χ0n) is 12.6. The molecule has 2 N–H and O–H groups in total. The number of rotatable bonds is 2. The van der Waals surface area contributed by atoms with Gasteiger partial charge in [-0.3, -0.25) is 4.79 Å². The molecule has 1 aromatic heterocycles. The molecule has 1 saturated carbocycles. The van der Waals surface area contributed by atoms with Crippen LogP contribution in [0.25, 0.3) is 0 Å². The maximum absolute atomic E-state index is 12.4. The summed E-state index contributed by atoms with van der Waals surface area (Å²) in [7, 11) is 0. The van der Waals surface area contributed by atoms with E-state index >= 15 is 0 Å². The van der Waals surface area contributed by atoms with E-state index in [9.17, 15) is 4.79 Å². The summed E-state index contributed by atoms with van der Waals surface area (Å²) in [6.07, 6.45) is 8.50. The number of amides is 1. The summed E-state index contributed by atoms with van der Waals surface area (Å²) in [5.74, 6) is 5.56. The van der Waals surface area contributed by atoms with E-state index in [1.54, 1.807) is 0 Å².